The molecule has 2 aromatic rings. The molecular weight excluding hydrogens is 252 g/mol. The first-order valence-corrected chi connectivity index (χ1v) is 7.38. The van der Waals surface area contributed by atoms with Gasteiger partial charge in [-0.2, -0.15) is 0 Å². The molecule has 98 valence electrons. The number of rotatable bonds is 7. The first-order valence-electron chi connectivity index (χ1n) is 6.39. The number of hydrogen-bond acceptors (Lipinski definition) is 2. The van der Waals surface area contributed by atoms with Gasteiger partial charge in [0.2, 0.25) is 0 Å². The minimum atomic E-state index is 0.671. The van der Waals surface area contributed by atoms with Gasteiger partial charge in [-0.1, -0.05) is 60.7 Å². The summed E-state index contributed by atoms with van der Waals surface area (Å²) in [6.45, 7) is 1.35. The Morgan fingerprint density at radius 2 is 1.53 bits per heavy atom. The summed E-state index contributed by atoms with van der Waals surface area (Å²) >= 11 is 1.83. The van der Waals surface area contributed by atoms with Gasteiger partial charge in [-0.05, 0) is 17.7 Å². The molecule has 0 saturated heterocycles. The zero-order valence-corrected chi connectivity index (χ0v) is 11.7. The van der Waals surface area contributed by atoms with E-state index in [0.29, 0.717) is 13.2 Å². The van der Waals surface area contributed by atoms with Crippen LogP contribution in [0.25, 0.3) is 0 Å². The van der Waals surface area contributed by atoms with Gasteiger partial charge < -0.3 is 4.74 Å². The highest BCUT2D eigenvalue weighted by Gasteiger charge is 1.90. The molecule has 0 N–H and O–H groups in total. The van der Waals surface area contributed by atoms with E-state index >= 15 is 0 Å². The lowest BCUT2D eigenvalue weighted by atomic mass is 10.2. The van der Waals surface area contributed by atoms with E-state index in [4.69, 9.17) is 4.74 Å². The summed E-state index contributed by atoms with van der Waals surface area (Å²) in [5.74, 6) is 0.985. The molecule has 0 heterocycles. The van der Waals surface area contributed by atoms with Crippen molar-refractivity contribution in [2.45, 2.75) is 11.5 Å². The van der Waals surface area contributed by atoms with E-state index in [9.17, 15) is 0 Å². The molecule has 0 saturated carbocycles. The molecule has 0 aliphatic carbocycles. The molecule has 0 spiro atoms. The third-order valence-electron chi connectivity index (χ3n) is 2.58. The maximum absolute atomic E-state index is 5.58. The van der Waals surface area contributed by atoms with Gasteiger partial charge in [0.15, 0.2) is 0 Å². The average Bonchev–Trinajstić information content (AvgIpc) is 2.48. The Morgan fingerprint density at radius 1 is 0.842 bits per heavy atom. The van der Waals surface area contributed by atoms with Gasteiger partial charge in [0.25, 0.3) is 0 Å². The Labute approximate surface area is 119 Å². The average molecular weight is 270 g/mol. The number of ether oxygens (including phenoxy) is 1. The fourth-order valence-corrected chi connectivity index (χ4v) is 2.39. The summed E-state index contributed by atoms with van der Waals surface area (Å²) in [7, 11) is 0. The van der Waals surface area contributed by atoms with Crippen LogP contribution in [0.15, 0.2) is 77.7 Å². The van der Waals surface area contributed by atoms with Crippen LogP contribution in [0, 0.1) is 0 Å². The summed E-state index contributed by atoms with van der Waals surface area (Å²) in [6, 6.07) is 20.7. The highest BCUT2D eigenvalue weighted by Crippen LogP contribution is 2.16. The molecule has 0 fully saturated rings. The van der Waals surface area contributed by atoms with Crippen LogP contribution < -0.4 is 0 Å². The first-order chi connectivity index (χ1) is 9.45. The molecule has 0 amide bonds. The van der Waals surface area contributed by atoms with Crippen LogP contribution in [-0.4, -0.2) is 12.4 Å². The Hall–Kier alpha value is -1.51. The van der Waals surface area contributed by atoms with E-state index in [2.05, 4.69) is 48.6 Å². The van der Waals surface area contributed by atoms with Gasteiger partial charge >= 0.3 is 0 Å². The zero-order valence-electron chi connectivity index (χ0n) is 10.9. The van der Waals surface area contributed by atoms with Crippen LogP contribution in [0.5, 0.6) is 0 Å². The SMILES string of the molecule is C(=C\CSc1ccccc1)/COCc1ccccc1. The Morgan fingerprint density at radius 3 is 2.26 bits per heavy atom. The van der Waals surface area contributed by atoms with Crippen molar-refractivity contribution in [3.63, 3.8) is 0 Å². The van der Waals surface area contributed by atoms with Crippen molar-refractivity contribution < 1.29 is 4.74 Å². The van der Waals surface area contributed by atoms with Crippen molar-refractivity contribution in [1.29, 1.82) is 0 Å². The van der Waals surface area contributed by atoms with Gasteiger partial charge in [0, 0.05) is 10.6 Å². The highest BCUT2D eigenvalue weighted by molar-refractivity contribution is 7.99. The fourth-order valence-electron chi connectivity index (χ4n) is 1.62. The molecule has 1 nitrogen and oxygen atoms in total. The molecule has 2 heteroatoms. The predicted molar refractivity (Wildman–Crippen MR) is 82.4 cm³/mol. The van der Waals surface area contributed by atoms with Crippen molar-refractivity contribution >= 4 is 11.8 Å². The second-order valence-corrected chi connectivity index (χ2v) is 5.19. The lowest BCUT2D eigenvalue weighted by Crippen LogP contribution is -1.92. The van der Waals surface area contributed by atoms with Gasteiger partial charge in [0.1, 0.15) is 0 Å². The van der Waals surface area contributed by atoms with Crippen molar-refractivity contribution in [3.05, 3.63) is 78.4 Å². The summed E-state index contributed by atoms with van der Waals surface area (Å²) < 4.78 is 5.58. The van der Waals surface area contributed by atoms with Gasteiger partial charge in [0.05, 0.1) is 13.2 Å². The van der Waals surface area contributed by atoms with Crippen LogP contribution in [0.3, 0.4) is 0 Å². The maximum Gasteiger partial charge on any atom is 0.0721 e. The molecule has 0 aliphatic heterocycles. The minimum absolute atomic E-state index is 0.671. The van der Waals surface area contributed by atoms with Crippen molar-refractivity contribution in [2.24, 2.45) is 0 Å². The van der Waals surface area contributed by atoms with Crippen molar-refractivity contribution in [3.8, 4) is 0 Å². The van der Waals surface area contributed by atoms with Crippen LogP contribution in [0.1, 0.15) is 5.56 Å². The normalized spacial score (nSPS) is 10.9. The van der Waals surface area contributed by atoms with Gasteiger partial charge in [-0.3, -0.25) is 0 Å². The molecule has 0 unspecified atom stereocenters. The molecule has 0 aromatic heterocycles. The van der Waals surface area contributed by atoms with Gasteiger partial charge in [-0.15, -0.1) is 11.8 Å². The predicted octanol–water partition coefficient (Wildman–Crippen LogP) is 4.55. The van der Waals surface area contributed by atoms with Crippen LogP contribution >= 0.6 is 11.8 Å². The number of benzene rings is 2. The van der Waals surface area contributed by atoms with Crippen LogP contribution in [0.2, 0.25) is 0 Å². The third kappa shape index (κ3) is 5.77. The number of thioether (sulfide) groups is 1. The molecule has 0 radical (unpaired) electrons. The summed E-state index contributed by atoms with van der Waals surface area (Å²) in [5.41, 5.74) is 1.22. The van der Waals surface area contributed by atoms with Crippen LogP contribution in [0.4, 0.5) is 0 Å². The summed E-state index contributed by atoms with van der Waals surface area (Å²) in [6.07, 6.45) is 4.24. The molecule has 2 aromatic carbocycles. The van der Waals surface area contributed by atoms with Crippen molar-refractivity contribution in [1.82, 2.24) is 0 Å². The molecule has 0 atom stereocenters. The van der Waals surface area contributed by atoms with E-state index < -0.39 is 0 Å². The monoisotopic (exact) mass is 270 g/mol. The number of hydrogen-bond donors (Lipinski definition) is 0. The zero-order chi connectivity index (χ0) is 13.2. The molecular formula is C17H18OS. The standard InChI is InChI=1S/C17H18OS/c1-3-9-16(10-4-1)15-18-13-7-8-14-19-17-11-5-2-6-12-17/h1-12H,13-15H2/b8-7+. The minimum Gasteiger partial charge on any atom is -0.373 e. The topological polar surface area (TPSA) is 9.23 Å². The van der Waals surface area contributed by atoms with E-state index in [1.54, 1.807) is 0 Å². The summed E-state index contributed by atoms with van der Waals surface area (Å²) in [4.78, 5) is 1.30. The largest absolute Gasteiger partial charge is 0.373 e. The van der Waals surface area contributed by atoms with E-state index in [0.717, 1.165) is 5.75 Å². The second-order valence-electron chi connectivity index (χ2n) is 4.10. The Kier molecular flexibility index (Phi) is 6.27. The van der Waals surface area contributed by atoms with Gasteiger partial charge in [-0.25, -0.2) is 0 Å². The van der Waals surface area contributed by atoms with E-state index in [1.165, 1.54) is 10.5 Å². The smallest absolute Gasteiger partial charge is 0.0721 e. The third-order valence-corrected chi connectivity index (χ3v) is 3.55. The van der Waals surface area contributed by atoms with E-state index in [1.807, 2.05) is 36.0 Å². The Balaban J connectivity index is 1.57. The quantitative estimate of drug-likeness (QED) is 0.414. The fraction of sp³-hybridized carbons (Fsp3) is 0.176. The summed E-state index contributed by atoms with van der Waals surface area (Å²) in [5, 5.41) is 0. The molecule has 0 aliphatic rings. The maximum atomic E-state index is 5.58. The van der Waals surface area contributed by atoms with Crippen molar-refractivity contribution in [2.75, 3.05) is 12.4 Å². The van der Waals surface area contributed by atoms with E-state index in [-0.39, 0.29) is 0 Å². The lowest BCUT2D eigenvalue weighted by Gasteiger charge is -2.00. The second kappa shape index (κ2) is 8.57. The first kappa shape index (κ1) is 13.9. The highest BCUT2D eigenvalue weighted by atomic mass is 32.2. The molecule has 0 bridgehead atoms. The molecule has 2 rings (SSSR count). The Bertz CT molecular complexity index is 479. The lowest BCUT2D eigenvalue weighted by molar-refractivity contribution is 0.148. The van der Waals surface area contributed by atoms with Crippen LogP contribution in [-0.2, 0) is 11.3 Å². The molecule has 19 heavy (non-hydrogen) atoms.